The van der Waals surface area contributed by atoms with E-state index in [1.807, 2.05) is 60.1 Å². The molecule has 6 heteroatoms. The van der Waals surface area contributed by atoms with Gasteiger partial charge in [0, 0.05) is 32.9 Å². The average Bonchev–Trinajstić information content (AvgIpc) is 3.10. The van der Waals surface area contributed by atoms with Crippen molar-refractivity contribution in [1.29, 1.82) is 0 Å². The lowest BCUT2D eigenvalue weighted by Gasteiger charge is -2.16. The molecule has 1 amide bonds. The number of hydrogen-bond donors (Lipinski definition) is 1. The van der Waals surface area contributed by atoms with Gasteiger partial charge in [-0.1, -0.05) is 31.5 Å². The Hall–Kier alpha value is -2.86. The zero-order valence-electron chi connectivity index (χ0n) is 16.8. The second-order valence-corrected chi connectivity index (χ2v) is 6.87. The molecule has 0 radical (unpaired) electrons. The summed E-state index contributed by atoms with van der Waals surface area (Å²) in [5, 5.41) is 3.44. The first kappa shape index (κ1) is 19.9. The zero-order valence-corrected chi connectivity index (χ0v) is 16.8. The van der Waals surface area contributed by atoms with Gasteiger partial charge in [0.2, 0.25) is 0 Å². The number of hydrogen-bond acceptors (Lipinski definition) is 4. The average molecular weight is 380 g/mol. The molecule has 2 heterocycles. The molecule has 0 spiro atoms. The van der Waals surface area contributed by atoms with Gasteiger partial charge in [0.25, 0.3) is 5.91 Å². The van der Waals surface area contributed by atoms with Crippen LogP contribution in [0.4, 0.5) is 0 Å². The summed E-state index contributed by atoms with van der Waals surface area (Å²) in [6.45, 7) is 4.11. The summed E-state index contributed by atoms with van der Waals surface area (Å²) in [6.07, 6.45) is 4.00. The highest BCUT2D eigenvalue weighted by Crippen LogP contribution is 2.16. The van der Waals surface area contributed by atoms with Crippen molar-refractivity contribution in [3.8, 4) is 5.75 Å². The minimum Gasteiger partial charge on any atom is -0.497 e. The standard InChI is InChI=1S/C22H28N4O2/c1-4-5-13-25(2)22(27)21-19(26-14-7-6-8-20(26)24-21)16-23-15-17-9-11-18(28-3)12-10-17/h6-12,14,23H,4-5,13,15-16H2,1-3H3. The maximum absolute atomic E-state index is 13.0. The first-order valence-corrected chi connectivity index (χ1v) is 9.69. The van der Waals surface area contributed by atoms with Gasteiger partial charge in [-0.25, -0.2) is 4.98 Å². The van der Waals surface area contributed by atoms with Gasteiger partial charge in [-0.2, -0.15) is 0 Å². The molecule has 0 unspecified atom stereocenters. The van der Waals surface area contributed by atoms with Crippen LogP contribution in [0.1, 0.15) is 41.5 Å². The van der Waals surface area contributed by atoms with E-state index in [2.05, 4.69) is 17.2 Å². The second kappa shape index (κ2) is 9.37. The van der Waals surface area contributed by atoms with Gasteiger partial charge >= 0.3 is 0 Å². The summed E-state index contributed by atoms with van der Waals surface area (Å²) < 4.78 is 7.19. The molecular formula is C22H28N4O2. The number of ether oxygens (including phenoxy) is 1. The van der Waals surface area contributed by atoms with Crippen molar-refractivity contribution in [2.45, 2.75) is 32.9 Å². The molecule has 2 aromatic heterocycles. The lowest BCUT2D eigenvalue weighted by Crippen LogP contribution is -2.29. The molecule has 3 aromatic rings. The van der Waals surface area contributed by atoms with Crippen molar-refractivity contribution in [1.82, 2.24) is 19.6 Å². The van der Waals surface area contributed by atoms with Crippen LogP contribution < -0.4 is 10.1 Å². The van der Waals surface area contributed by atoms with Crippen LogP contribution in [0.25, 0.3) is 5.65 Å². The fourth-order valence-corrected chi connectivity index (χ4v) is 3.13. The molecule has 0 aliphatic heterocycles. The maximum atomic E-state index is 13.0. The smallest absolute Gasteiger partial charge is 0.274 e. The lowest BCUT2D eigenvalue weighted by atomic mass is 10.2. The van der Waals surface area contributed by atoms with Gasteiger partial charge < -0.3 is 19.4 Å². The number of nitrogens with zero attached hydrogens (tertiary/aromatic N) is 3. The summed E-state index contributed by atoms with van der Waals surface area (Å²) in [4.78, 5) is 19.3. The molecule has 148 valence electrons. The minimum absolute atomic E-state index is 0.0293. The summed E-state index contributed by atoms with van der Waals surface area (Å²) in [7, 11) is 3.50. The number of aromatic nitrogens is 2. The number of rotatable bonds is 9. The Balaban J connectivity index is 1.77. The third-order valence-corrected chi connectivity index (χ3v) is 4.81. The van der Waals surface area contributed by atoms with E-state index in [0.29, 0.717) is 18.8 Å². The Morgan fingerprint density at radius 3 is 2.68 bits per heavy atom. The van der Waals surface area contributed by atoms with Crippen molar-refractivity contribution < 1.29 is 9.53 Å². The van der Waals surface area contributed by atoms with Crippen LogP contribution in [0, 0.1) is 0 Å². The first-order valence-electron chi connectivity index (χ1n) is 9.69. The van der Waals surface area contributed by atoms with Crippen molar-refractivity contribution in [2.75, 3.05) is 20.7 Å². The third kappa shape index (κ3) is 4.51. The number of methoxy groups -OCH3 is 1. The number of benzene rings is 1. The van der Waals surface area contributed by atoms with Crippen LogP contribution in [-0.4, -0.2) is 40.9 Å². The molecule has 3 rings (SSSR count). The molecule has 6 nitrogen and oxygen atoms in total. The minimum atomic E-state index is -0.0293. The normalized spacial score (nSPS) is 11.0. The van der Waals surface area contributed by atoms with Gasteiger partial charge in [0.15, 0.2) is 5.69 Å². The number of imidazole rings is 1. The lowest BCUT2D eigenvalue weighted by molar-refractivity contribution is 0.0787. The highest BCUT2D eigenvalue weighted by Gasteiger charge is 2.21. The molecule has 0 fully saturated rings. The van der Waals surface area contributed by atoms with Crippen molar-refractivity contribution >= 4 is 11.6 Å². The molecule has 0 saturated heterocycles. The highest BCUT2D eigenvalue weighted by molar-refractivity contribution is 5.94. The Labute approximate surface area is 166 Å². The first-order chi connectivity index (χ1) is 13.6. The molecule has 0 aliphatic rings. The van der Waals surface area contributed by atoms with E-state index in [4.69, 9.17) is 4.74 Å². The number of pyridine rings is 1. The molecule has 0 aliphatic carbocycles. The number of nitrogens with one attached hydrogen (secondary N) is 1. The van der Waals surface area contributed by atoms with Crippen LogP contribution in [-0.2, 0) is 13.1 Å². The van der Waals surface area contributed by atoms with E-state index in [1.165, 1.54) is 0 Å². The number of carbonyl (C=O) groups excluding carboxylic acids is 1. The predicted molar refractivity (Wildman–Crippen MR) is 111 cm³/mol. The Morgan fingerprint density at radius 2 is 1.96 bits per heavy atom. The van der Waals surface area contributed by atoms with E-state index in [1.54, 1.807) is 12.0 Å². The number of fused-ring (bicyclic) bond motifs is 1. The van der Waals surface area contributed by atoms with Crippen LogP contribution in [0.5, 0.6) is 5.75 Å². The quantitative estimate of drug-likeness (QED) is 0.617. The molecule has 1 aromatic carbocycles. The van der Waals surface area contributed by atoms with Gasteiger partial charge in [-0.15, -0.1) is 0 Å². The van der Waals surface area contributed by atoms with Crippen LogP contribution in [0.2, 0.25) is 0 Å². The maximum Gasteiger partial charge on any atom is 0.274 e. The summed E-state index contributed by atoms with van der Waals surface area (Å²) >= 11 is 0. The van der Waals surface area contributed by atoms with Crippen molar-refractivity contribution in [3.05, 3.63) is 65.6 Å². The van der Waals surface area contributed by atoms with Crippen molar-refractivity contribution in [3.63, 3.8) is 0 Å². The molecule has 28 heavy (non-hydrogen) atoms. The summed E-state index contributed by atoms with van der Waals surface area (Å²) in [5.74, 6) is 0.812. The van der Waals surface area contributed by atoms with E-state index in [9.17, 15) is 4.79 Å². The summed E-state index contributed by atoms with van der Waals surface area (Å²) in [5.41, 5.74) is 3.35. The fraction of sp³-hybridized carbons (Fsp3) is 0.364. The molecule has 0 atom stereocenters. The summed E-state index contributed by atoms with van der Waals surface area (Å²) in [6, 6.07) is 13.8. The van der Waals surface area contributed by atoms with Crippen molar-refractivity contribution in [2.24, 2.45) is 0 Å². The van der Waals surface area contributed by atoms with Gasteiger partial charge in [-0.05, 0) is 36.2 Å². The number of amides is 1. The van der Waals surface area contributed by atoms with E-state index >= 15 is 0 Å². The Kier molecular flexibility index (Phi) is 6.66. The predicted octanol–water partition coefficient (Wildman–Crippen LogP) is 3.50. The van der Waals surface area contributed by atoms with Crippen LogP contribution in [0.15, 0.2) is 48.7 Å². The van der Waals surface area contributed by atoms with E-state index in [-0.39, 0.29) is 5.91 Å². The number of carbonyl (C=O) groups is 1. The largest absolute Gasteiger partial charge is 0.497 e. The fourth-order valence-electron chi connectivity index (χ4n) is 3.13. The zero-order chi connectivity index (χ0) is 19.9. The second-order valence-electron chi connectivity index (χ2n) is 6.87. The highest BCUT2D eigenvalue weighted by atomic mass is 16.5. The van der Waals surface area contributed by atoms with Gasteiger partial charge in [0.1, 0.15) is 11.4 Å². The topological polar surface area (TPSA) is 58.9 Å². The molecular weight excluding hydrogens is 352 g/mol. The molecule has 1 N–H and O–H groups in total. The molecule has 0 bridgehead atoms. The Bertz CT molecular complexity index is 918. The van der Waals surface area contributed by atoms with Gasteiger partial charge in [0.05, 0.1) is 12.8 Å². The Morgan fingerprint density at radius 1 is 1.18 bits per heavy atom. The van der Waals surface area contributed by atoms with Crippen LogP contribution >= 0.6 is 0 Å². The number of unbranched alkanes of at least 4 members (excludes halogenated alkanes) is 1. The van der Waals surface area contributed by atoms with E-state index in [0.717, 1.165) is 42.0 Å². The van der Waals surface area contributed by atoms with Gasteiger partial charge in [-0.3, -0.25) is 4.79 Å². The third-order valence-electron chi connectivity index (χ3n) is 4.81. The monoisotopic (exact) mass is 380 g/mol. The van der Waals surface area contributed by atoms with E-state index < -0.39 is 0 Å². The van der Waals surface area contributed by atoms with Crippen LogP contribution in [0.3, 0.4) is 0 Å². The molecule has 0 saturated carbocycles. The SMILES string of the molecule is CCCCN(C)C(=O)c1nc2ccccn2c1CNCc1ccc(OC)cc1.